The smallest absolute Gasteiger partial charge is 0.191 e. The van der Waals surface area contributed by atoms with Crippen molar-refractivity contribution >= 4 is 5.96 Å². The Balaban J connectivity index is 2.70. The van der Waals surface area contributed by atoms with Crippen LogP contribution in [-0.4, -0.2) is 38.3 Å². The van der Waals surface area contributed by atoms with Gasteiger partial charge in [-0.1, -0.05) is 6.07 Å². The summed E-state index contributed by atoms with van der Waals surface area (Å²) in [6.07, 6.45) is 0.862. The van der Waals surface area contributed by atoms with Gasteiger partial charge < -0.3 is 20.1 Å². The number of ether oxygens (including phenoxy) is 2. The molecule has 0 unspecified atom stereocenters. The second-order valence-corrected chi connectivity index (χ2v) is 5.46. The monoisotopic (exact) mass is 321 g/mol. The van der Waals surface area contributed by atoms with Gasteiger partial charge in [-0.15, -0.1) is 0 Å². The van der Waals surface area contributed by atoms with Crippen LogP contribution in [0.1, 0.15) is 40.2 Å². The van der Waals surface area contributed by atoms with Gasteiger partial charge in [-0.05, 0) is 58.7 Å². The topological polar surface area (TPSA) is 54.9 Å². The molecule has 0 saturated carbocycles. The van der Waals surface area contributed by atoms with Crippen molar-refractivity contribution in [1.29, 1.82) is 0 Å². The van der Waals surface area contributed by atoms with Gasteiger partial charge in [0.05, 0.1) is 13.2 Å². The van der Waals surface area contributed by atoms with Gasteiger partial charge in [0.25, 0.3) is 0 Å². The summed E-state index contributed by atoms with van der Waals surface area (Å²) in [5.41, 5.74) is 1.20. The fourth-order valence-corrected chi connectivity index (χ4v) is 2.14. The minimum atomic E-state index is 0.364. The van der Waals surface area contributed by atoms with Gasteiger partial charge in [0.2, 0.25) is 0 Å². The highest BCUT2D eigenvalue weighted by Gasteiger charge is 2.06. The Labute approximate surface area is 140 Å². The van der Waals surface area contributed by atoms with Crippen LogP contribution in [0.3, 0.4) is 0 Å². The van der Waals surface area contributed by atoms with Gasteiger partial charge in [-0.3, -0.25) is 4.99 Å². The molecule has 0 aromatic heterocycles. The predicted molar refractivity (Wildman–Crippen MR) is 96.7 cm³/mol. The van der Waals surface area contributed by atoms with Crippen molar-refractivity contribution in [3.63, 3.8) is 0 Å². The van der Waals surface area contributed by atoms with Crippen molar-refractivity contribution < 1.29 is 9.47 Å². The Morgan fingerprint density at radius 3 is 2.39 bits per heavy atom. The Hall–Kier alpha value is -1.91. The highest BCUT2D eigenvalue weighted by atomic mass is 16.5. The SMILES string of the molecule is CCNC(=NCCc1ccc(OCC)c(OCC)c1)NC(C)C. The van der Waals surface area contributed by atoms with Crippen molar-refractivity contribution in [3.05, 3.63) is 23.8 Å². The molecule has 1 aromatic rings. The van der Waals surface area contributed by atoms with Gasteiger partial charge >= 0.3 is 0 Å². The molecule has 1 rings (SSSR count). The van der Waals surface area contributed by atoms with Crippen molar-refractivity contribution in [2.45, 2.75) is 47.1 Å². The highest BCUT2D eigenvalue weighted by Crippen LogP contribution is 2.28. The third-order valence-corrected chi connectivity index (χ3v) is 3.05. The van der Waals surface area contributed by atoms with Crippen LogP contribution >= 0.6 is 0 Å². The van der Waals surface area contributed by atoms with Gasteiger partial charge in [0.1, 0.15) is 0 Å². The second kappa shape index (κ2) is 10.8. The van der Waals surface area contributed by atoms with E-state index in [1.807, 2.05) is 26.0 Å². The van der Waals surface area contributed by atoms with Crippen LogP contribution in [0.2, 0.25) is 0 Å². The lowest BCUT2D eigenvalue weighted by atomic mass is 10.1. The lowest BCUT2D eigenvalue weighted by Crippen LogP contribution is -2.41. The molecule has 0 radical (unpaired) electrons. The van der Waals surface area contributed by atoms with Crippen LogP contribution in [0.25, 0.3) is 0 Å². The molecule has 1 aromatic carbocycles. The number of guanidine groups is 1. The van der Waals surface area contributed by atoms with Gasteiger partial charge in [-0.25, -0.2) is 0 Å². The quantitative estimate of drug-likeness (QED) is 0.542. The molecule has 0 fully saturated rings. The summed E-state index contributed by atoms with van der Waals surface area (Å²) >= 11 is 0. The third kappa shape index (κ3) is 7.26. The Kier molecular flexibility index (Phi) is 8.95. The van der Waals surface area contributed by atoms with Crippen LogP contribution < -0.4 is 20.1 Å². The van der Waals surface area contributed by atoms with Crippen LogP contribution in [0, 0.1) is 0 Å². The summed E-state index contributed by atoms with van der Waals surface area (Å²) in [5.74, 6) is 2.47. The number of hydrogen-bond acceptors (Lipinski definition) is 3. The number of hydrogen-bond donors (Lipinski definition) is 2. The van der Waals surface area contributed by atoms with E-state index < -0.39 is 0 Å². The number of aliphatic imine (C=N–C) groups is 1. The molecule has 0 heterocycles. The van der Waals surface area contributed by atoms with Gasteiger partial charge in [0.15, 0.2) is 17.5 Å². The third-order valence-electron chi connectivity index (χ3n) is 3.05. The fourth-order valence-electron chi connectivity index (χ4n) is 2.14. The average molecular weight is 321 g/mol. The summed E-state index contributed by atoms with van der Waals surface area (Å²) in [7, 11) is 0. The maximum atomic E-state index is 5.66. The molecule has 0 saturated heterocycles. The molecule has 5 heteroatoms. The van der Waals surface area contributed by atoms with E-state index in [1.54, 1.807) is 0 Å². The van der Waals surface area contributed by atoms with E-state index in [9.17, 15) is 0 Å². The first-order chi connectivity index (χ1) is 11.1. The molecule has 5 nitrogen and oxygen atoms in total. The van der Waals surface area contributed by atoms with Crippen LogP contribution in [0.15, 0.2) is 23.2 Å². The zero-order valence-electron chi connectivity index (χ0n) is 15.1. The molecule has 0 bridgehead atoms. The maximum absolute atomic E-state index is 5.66. The van der Waals surface area contributed by atoms with E-state index in [2.05, 4.69) is 42.5 Å². The Morgan fingerprint density at radius 1 is 1.09 bits per heavy atom. The van der Waals surface area contributed by atoms with Crippen molar-refractivity contribution in [2.75, 3.05) is 26.3 Å². The molecule has 0 aliphatic carbocycles. The number of nitrogens with one attached hydrogen (secondary N) is 2. The zero-order valence-corrected chi connectivity index (χ0v) is 15.1. The second-order valence-electron chi connectivity index (χ2n) is 5.46. The first-order valence-corrected chi connectivity index (χ1v) is 8.54. The van der Waals surface area contributed by atoms with Crippen molar-refractivity contribution in [1.82, 2.24) is 10.6 Å². The average Bonchev–Trinajstić information content (AvgIpc) is 2.50. The van der Waals surface area contributed by atoms with Crippen LogP contribution in [-0.2, 0) is 6.42 Å². The Morgan fingerprint density at radius 2 is 1.78 bits per heavy atom. The largest absolute Gasteiger partial charge is 0.490 e. The van der Waals surface area contributed by atoms with E-state index in [4.69, 9.17) is 9.47 Å². The van der Waals surface area contributed by atoms with E-state index in [-0.39, 0.29) is 0 Å². The van der Waals surface area contributed by atoms with Crippen LogP contribution in [0.4, 0.5) is 0 Å². The summed E-state index contributed by atoms with van der Waals surface area (Å²) in [6.45, 7) is 13.1. The van der Waals surface area contributed by atoms with E-state index in [0.717, 1.165) is 37.0 Å². The molecule has 0 aliphatic heterocycles. The summed E-state index contributed by atoms with van der Waals surface area (Å²) in [6, 6.07) is 6.46. The summed E-state index contributed by atoms with van der Waals surface area (Å²) < 4.78 is 11.3. The molecule has 23 heavy (non-hydrogen) atoms. The van der Waals surface area contributed by atoms with Crippen molar-refractivity contribution in [3.8, 4) is 11.5 Å². The zero-order chi connectivity index (χ0) is 17.1. The first kappa shape index (κ1) is 19.1. The van der Waals surface area contributed by atoms with Gasteiger partial charge in [0, 0.05) is 19.1 Å². The summed E-state index contributed by atoms with van der Waals surface area (Å²) in [4.78, 5) is 4.61. The standard InChI is InChI=1S/C18H31N3O2/c1-6-19-18(21-14(4)5)20-12-11-15-9-10-16(22-7-2)17(13-15)23-8-3/h9-10,13-14H,6-8,11-12H2,1-5H3,(H2,19,20,21). The normalized spacial score (nSPS) is 11.5. The molecule has 0 amide bonds. The van der Waals surface area contributed by atoms with E-state index in [1.165, 1.54) is 5.56 Å². The fraction of sp³-hybridized carbons (Fsp3) is 0.611. The van der Waals surface area contributed by atoms with E-state index in [0.29, 0.717) is 19.3 Å². The minimum absolute atomic E-state index is 0.364. The minimum Gasteiger partial charge on any atom is -0.490 e. The number of nitrogens with zero attached hydrogens (tertiary/aromatic N) is 1. The number of benzene rings is 1. The van der Waals surface area contributed by atoms with E-state index >= 15 is 0 Å². The van der Waals surface area contributed by atoms with Crippen LogP contribution in [0.5, 0.6) is 11.5 Å². The molecule has 130 valence electrons. The molecular weight excluding hydrogens is 290 g/mol. The molecule has 0 aliphatic rings. The lowest BCUT2D eigenvalue weighted by Gasteiger charge is -2.14. The molecule has 2 N–H and O–H groups in total. The summed E-state index contributed by atoms with van der Waals surface area (Å²) in [5, 5.41) is 6.57. The lowest BCUT2D eigenvalue weighted by molar-refractivity contribution is 0.287. The molecule has 0 spiro atoms. The highest BCUT2D eigenvalue weighted by molar-refractivity contribution is 5.79. The molecular formula is C18H31N3O2. The predicted octanol–water partition coefficient (Wildman–Crippen LogP) is 2.99. The number of rotatable bonds is 9. The first-order valence-electron chi connectivity index (χ1n) is 8.54. The van der Waals surface area contributed by atoms with Crippen molar-refractivity contribution in [2.24, 2.45) is 4.99 Å². The maximum Gasteiger partial charge on any atom is 0.191 e. The van der Waals surface area contributed by atoms with Gasteiger partial charge in [-0.2, -0.15) is 0 Å². The molecule has 0 atom stereocenters. The Bertz CT molecular complexity index is 487.